The number of rotatable bonds is 9. The normalized spacial score (nSPS) is 12.2. The molecule has 1 aliphatic heterocycles. The third kappa shape index (κ3) is 4.98. The number of thioether (sulfide) groups is 1. The summed E-state index contributed by atoms with van der Waals surface area (Å²) in [7, 11) is 0. The van der Waals surface area contributed by atoms with E-state index in [4.69, 9.17) is 9.47 Å². The van der Waals surface area contributed by atoms with Crippen LogP contribution in [0.5, 0.6) is 11.5 Å². The maximum atomic E-state index is 12.5. The van der Waals surface area contributed by atoms with Crippen molar-refractivity contribution >= 4 is 28.7 Å². The average Bonchev–Trinajstić information content (AvgIpc) is 3.67. The van der Waals surface area contributed by atoms with E-state index in [9.17, 15) is 4.79 Å². The number of carbonyl (C=O) groups excluding carboxylic acids is 1. The zero-order valence-electron chi connectivity index (χ0n) is 19.8. The minimum absolute atomic E-state index is 0.0368. The van der Waals surface area contributed by atoms with Gasteiger partial charge in [-0.2, -0.15) is 0 Å². The van der Waals surface area contributed by atoms with E-state index in [-0.39, 0.29) is 12.7 Å². The second-order valence-corrected chi connectivity index (χ2v) is 9.43. The van der Waals surface area contributed by atoms with Gasteiger partial charge in [0.2, 0.25) is 12.7 Å². The first-order chi connectivity index (χ1) is 18.2. The summed E-state index contributed by atoms with van der Waals surface area (Å²) in [5.74, 6) is 2.69. The van der Waals surface area contributed by atoms with E-state index in [0.717, 1.165) is 33.9 Å². The van der Waals surface area contributed by atoms with E-state index in [1.807, 2.05) is 82.0 Å². The van der Waals surface area contributed by atoms with Crippen LogP contribution in [-0.4, -0.2) is 48.2 Å². The van der Waals surface area contributed by atoms with Gasteiger partial charge in [-0.05, 0) is 42.0 Å². The van der Waals surface area contributed by atoms with Gasteiger partial charge in [-0.25, -0.2) is 4.68 Å². The van der Waals surface area contributed by atoms with Gasteiger partial charge in [-0.1, -0.05) is 53.4 Å². The summed E-state index contributed by atoms with van der Waals surface area (Å²) >= 11 is 1.49. The lowest BCUT2D eigenvalue weighted by Crippen LogP contribution is -2.23. The maximum Gasteiger partial charge on any atom is 0.231 e. The molecule has 1 N–H and O–H groups in total. The van der Waals surface area contributed by atoms with Crippen LogP contribution >= 0.6 is 11.8 Å². The molecule has 0 bridgehead atoms. The van der Waals surface area contributed by atoms with Crippen LogP contribution in [0.2, 0.25) is 0 Å². The Hall–Kier alpha value is -4.38. The lowest BCUT2D eigenvalue weighted by molar-refractivity contribution is -0.120. The van der Waals surface area contributed by atoms with Crippen LogP contribution in [0.4, 0.5) is 0 Å². The molecule has 0 atom stereocenters. The van der Waals surface area contributed by atoms with E-state index < -0.39 is 0 Å². The monoisotopic (exact) mass is 513 g/mol. The molecule has 1 aliphatic rings. The lowest BCUT2D eigenvalue weighted by atomic mass is 10.2. The highest BCUT2D eigenvalue weighted by Gasteiger charge is 2.17. The summed E-state index contributed by atoms with van der Waals surface area (Å²) in [6, 6.07) is 23.4. The van der Waals surface area contributed by atoms with Crippen molar-refractivity contribution in [3.63, 3.8) is 0 Å². The third-order valence-electron chi connectivity index (χ3n) is 5.91. The summed E-state index contributed by atoms with van der Waals surface area (Å²) in [4.78, 5) is 12.5. The van der Waals surface area contributed by atoms with Crippen LogP contribution in [0.3, 0.4) is 0 Å². The van der Waals surface area contributed by atoms with Crippen molar-refractivity contribution in [2.24, 2.45) is 0 Å². The molecule has 1 amide bonds. The fraction of sp³-hybridized carbons (Fsp3) is 0.192. The summed E-state index contributed by atoms with van der Waals surface area (Å²) < 4.78 is 14.6. The van der Waals surface area contributed by atoms with Gasteiger partial charge in [0.1, 0.15) is 12.1 Å². The average molecular weight is 514 g/mol. The first kappa shape index (κ1) is 23.0. The van der Waals surface area contributed by atoms with Crippen LogP contribution in [0, 0.1) is 0 Å². The number of ether oxygens (including phenoxy) is 2. The van der Waals surface area contributed by atoms with Gasteiger partial charge < -0.3 is 14.8 Å². The second-order valence-electron chi connectivity index (χ2n) is 8.37. The SMILES string of the molecule is O=C(CCSc1nnc(Cn2nnc3ccccc32)n1-c1ccccc1)NCc1ccc2c(c1)OCO2. The Labute approximate surface area is 216 Å². The number of aromatic nitrogens is 6. The van der Waals surface area contributed by atoms with Crippen LogP contribution in [0.1, 0.15) is 17.8 Å². The molecule has 2 aromatic heterocycles. The molecule has 0 fully saturated rings. The fourth-order valence-electron chi connectivity index (χ4n) is 4.08. The fourth-order valence-corrected chi connectivity index (χ4v) is 4.98. The van der Waals surface area contributed by atoms with E-state index >= 15 is 0 Å². The van der Waals surface area contributed by atoms with E-state index in [1.165, 1.54) is 11.8 Å². The van der Waals surface area contributed by atoms with Gasteiger partial charge in [0.15, 0.2) is 22.5 Å². The molecular formula is C26H23N7O3S. The number of para-hydroxylation sites is 2. The second kappa shape index (κ2) is 10.3. The third-order valence-corrected chi connectivity index (χ3v) is 6.84. The van der Waals surface area contributed by atoms with Gasteiger partial charge in [0.05, 0.1) is 5.52 Å². The molecule has 37 heavy (non-hydrogen) atoms. The summed E-state index contributed by atoms with van der Waals surface area (Å²) in [5.41, 5.74) is 3.66. The van der Waals surface area contributed by atoms with Gasteiger partial charge in [-0.15, -0.1) is 15.3 Å². The van der Waals surface area contributed by atoms with Crippen molar-refractivity contribution < 1.29 is 14.3 Å². The number of nitrogens with one attached hydrogen (secondary N) is 1. The van der Waals surface area contributed by atoms with Crippen LogP contribution in [-0.2, 0) is 17.9 Å². The topological polar surface area (TPSA) is 109 Å². The number of benzene rings is 3. The Kier molecular flexibility index (Phi) is 6.42. The van der Waals surface area contributed by atoms with Gasteiger partial charge in [0.25, 0.3) is 0 Å². The van der Waals surface area contributed by atoms with Crippen molar-refractivity contribution in [3.05, 3.63) is 84.2 Å². The minimum Gasteiger partial charge on any atom is -0.454 e. The molecule has 3 heterocycles. The highest BCUT2D eigenvalue weighted by Crippen LogP contribution is 2.32. The van der Waals surface area contributed by atoms with Crippen molar-refractivity contribution in [2.75, 3.05) is 12.5 Å². The molecule has 0 saturated heterocycles. The van der Waals surface area contributed by atoms with Gasteiger partial charge in [-0.3, -0.25) is 9.36 Å². The molecule has 6 rings (SSSR count). The summed E-state index contributed by atoms with van der Waals surface area (Å²) in [6.07, 6.45) is 0.347. The molecule has 10 nitrogen and oxygen atoms in total. The van der Waals surface area contributed by atoms with Crippen molar-refractivity contribution in [3.8, 4) is 17.2 Å². The molecule has 0 aliphatic carbocycles. The molecule has 5 aromatic rings. The largest absolute Gasteiger partial charge is 0.454 e. The van der Waals surface area contributed by atoms with Crippen LogP contribution in [0.25, 0.3) is 16.7 Å². The number of hydrogen-bond acceptors (Lipinski definition) is 8. The predicted octanol–water partition coefficient (Wildman–Crippen LogP) is 3.59. The maximum absolute atomic E-state index is 12.5. The highest BCUT2D eigenvalue weighted by atomic mass is 32.2. The molecule has 186 valence electrons. The van der Waals surface area contributed by atoms with Crippen molar-refractivity contribution in [1.82, 2.24) is 35.1 Å². The Morgan fingerprint density at radius 1 is 0.946 bits per heavy atom. The number of fused-ring (bicyclic) bond motifs is 2. The van der Waals surface area contributed by atoms with Gasteiger partial charge in [0, 0.05) is 24.4 Å². The predicted molar refractivity (Wildman–Crippen MR) is 138 cm³/mol. The van der Waals surface area contributed by atoms with Crippen LogP contribution in [0.15, 0.2) is 78.0 Å². The zero-order valence-corrected chi connectivity index (χ0v) is 20.6. The van der Waals surface area contributed by atoms with E-state index in [1.54, 1.807) is 0 Å². The molecular weight excluding hydrogens is 490 g/mol. The molecule has 0 spiro atoms. The molecule has 3 aromatic carbocycles. The Balaban J connectivity index is 1.12. The molecule has 0 unspecified atom stereocenters. The summed E-state index contributed by atoms with van der Waals surface area (Å²) in [5, 5.41) is 21.1. The number of nitrogens with zero attached hydrogens (tertiary/aromatic N) is 6. The first-order valence-corrected chi connectivity index (χ1v) is 12.8. The van der Waals surface area contributed by atoms with Crippen molar-refractivity contribution in [2.45, 2.75) is 24.7 Å². The lowest BCUT2D eigenvalue weighted by Gasteiger charge is -2.10. The van der Waals surface area contributed by atoms with Gasteiger partial charge >= 0.3 is 0 Å². The first-order valence-electron chi connectivity index (χ1n) is 11.8. The van der Waals surface area contributed by atoms with Crippen LogP contribution < -0.4 is 14.8 Å². The number of carbonyl (C=O) groups is 1. The smallest absolute Gasteiger partial charge is 0.231 e. The van der Waals surface area contributed by atoms with E-state index in [0.29, 0.717) is 36.2 Å². The Bertz CT molecular complexity index is 1550. The standard InChI is InChI=1S/C26H23N7O3S/c34-25(27-15-18-10-11-22-23(14-18)36-17-35-22)12-13-37-26-30-29-24(33(26)19-6-2-1-3-7-19)16-32-21-9-5-4-8-20(21)28-31-32/h1-11,14H,12-13,15-17H2,(H,27,34). The quantitative estimate of drug-likeness (QED) is 0.298. The Morgan fingerprint density at radius 3 is 2.70 bits per heavy atom. The van der Waals surface area contributed by atoms with Crippen molar-refractivity contribution in [1.29, 1.82) is 0 Å². The molecule has 0 saturated carbocycles. The highest BCUT2D eigenvalue weighted by molar-refractivity contribution is 7.99. The van der Waals surface area contributed by atoms with E-state index in [2.05, 4.69) is 25.8 Å². The minimum atomic E-state index is -0.0368. The number of amides is 1. The summed E-state index contributed by atoms with van der Waals surface area (Å²) in [6.45, 7) is 1.07. The molecule has 0 radical (unpaired) electrons. The number of hydrogen-bond donors (Lipinski definition) is 1. The zero-order chi connectivity index (χ0) is 25.0. The Morgan fingerprint density at radius 2 is 1.78 bits per heavy atom. The molecule has 11 heteroatoms.